The average Bonchev–Trinajstić information content (AvgIpc) is 3.31. The van der Waals surface area contributed by atoms with E-state index in [1.54, 1.807) is 0 Å². The molecule has 0 saturated carbocycles. The van der Waals surface area contributed by atoms with Gasteiger partial charge < -0.3 is 20.3 Å². The van der Waals surface area contributed by atoms with Crippen molar-refractivity contribution in [3.05, 3.63) is 24.3 Å². The van der Waals surface area contributed by atoms with Gasteiger partial charge in [-0.1, -0.05) is 256 Å². The summed E-state index contributed by atoms with van der Waals surface area (Å²) in [4.78, 5) is 24.4. The summed E-state index contributed by atoms with van der Waals surface area (Å²) in [6.07, 6.45) is 66.1. The topological polar surface area (TPSA) is 95.9 Å². The van der Waals surface area contributed by atoms with Crippen molar-refractivity contribution in [3.8, 4) is 0 Å². The molecule has 2 atom stereocenters. The second kappa shape index (κ2) is 54.9. The molecule has 6 nitrogen and oxygen atoms in total. The first kappa shape index (κ1) is 63.3. The van der Waals surface area contributed by atoms with Crippen molar-refractivity contribution in [1.29, 1.82) is 0 Å². The summed E-state index contributed by atoms with van der Waals surface area (Å²) >= 11 is 0. The van der Waals surface area contributed by atoms with E-state index in [-0.39, 0.29) is 18.5 Å². The van der Waals surface area contributed by atoms with Crippen molar-refractivity contribution in [2.45, 2.75) is 328 Å². The van der Waals surface area contributed by atoms with E-state index in [0.29, 0.717) is 25.9 Å². The molecule has 384 valence electrons. The minimum atomic E-state index is -0.664. The largest absolute Gasteiger partial charge is 0.466 e. The van der Waals surface area contributed by atoms with E-state index in [0.717, 1.165) is 44.9 Å². The van der Waals surface area contributed by atoms with Crippen molar-refractivity contribution in [2.24, 2.45) is 0 Å². The van der Waals surface area contributed by atoms with Gasteiger partial charge in [0.05, 0.1) is 25.4 Å². The molecule has 65 heavy (non-hydrogen) atoms. The van der Waals surface area contributed by atoms with Crippen LogP contribution in [0, 0.1) is 0 Å². The Kier molecular flexibility index (Phi) is 53.5. The van der Waals surface area contributed by atoms with Crippen LogP contribution in [-0.2, 0) is 14.3 Å². The lowest BCUT2D eigenvalue weighted by atomic mass is 10.0. The van der Waals surface area contributed by atoms with Gasteiger partial charge in [0.15, 0.2) is 0 Å². The minimum Gasteiger partial charge on any atom is -0.466 e. The molecule has 0 aromatic carbocycles. The van der Waals surface area contributed by atoms with Gasteiger partial charge in [0.1, 0.15) is 0 Å². The molecule has 0 aliphatic heterocycles. The van der Waals surface area contributed by atoms with Crippen molar-refractivity contribution < 1.29 is 24.5 Å². The van der Waals surface area contributed by atoms with Gasteiger partial charge in [-0.05, 0) is 70.6 Å². The van der Waals surface area contributed by atoms with Crippen LogP contribution in [0.5, 0.6) is 0 Å². The maximum atomic E-state index is 12.4. The highest BCUT2D eigenvalue weighted by Crippen LogP contribution is 2.17. The number of aliphatic hydroxyl groups excluding tert-OH is 2. The monoisotopic (exact) mass is 916 g/mol. The molecule has 2 unspecified atom stereocenters. The predicted molar refractivity (Wildman–Crippen MR) is 283 cm³/mol. The van der Waals surface area contributed by atoms with E-state index < -0.39 is 12.1 Å². The molecule has 0 heterocycles. The lowest BCUT2D eigenvalue weighted by Gasteiger charge is -2.22. The summed E-state index contributed by atoms with van der Waals surface area (Å²) in [6, 6.07) is -0.542. The highest BCUT2D eigenvalue weighted by atomic mass is 16.5. The average molecular weight is 917 g/mol. The van der Waals surface area contributed by atoms with Crippen LogP contribution in [-0.4, -0.2) is 47.4 Å². The van der Waals surface area contributed by atoms with Gasteiger partial charge in [0, 0.05) is 12.8 Å². The zero-order chi connectivity index (χ0) is 47.2. The fraction of sp³-hybridized carbons (Fsp3) is 0.898. The van der Waals surface area contributed by atoms with Crippen LogP contribution in [0.1, 0.15) is 316 Å². The number of rotatable bonds is 54. The Hall–Kier alpha value is -1.66. The highest BCUT2D eigenvalue weighted by molar-refractivity contribution is 5.76. The normalized spacial score (nSPS) is 12.7. The summed E-state index contributed by atoms with van der Waals surface area (Å²) in [5, 5.41) is 23.2. The van der Waals surface area contributed by atoms with Crippen LogP contribution in [0.2, 0.25) is 0 Å². The Labute approximate surface area is 405 Å². The maximum Gasteiger partial charge on any atom is 0.305 e. The van der Waals surface area contributed by atoms with Crippen LogP contribution < -0.4 is 5.32 Å². The van der Waals surface area contributed by atoms with Gasteiger partial charge in [0.25, 0.3) is 0 Å². The van der Waals surface area contributed by atoms with Gasteiger partial charge in [0.2, 0.25) is 5.91 Å². The molecule has 1 amide bonds. The Balaban J connectivity index is 3.39. The van der Waals surface area contributed by atoms with E-state index in [9.17, 15) is 19.8 Å². The van der Waals surface area contributed by atoms with Gasteiger partial charge in [-0.25, -0.2) is 0 Å². The van der Waals surface area contributed by atoms with Gasteiger partial charge >= 0.3 is 5.97 Å². The fourth-order valence-electron chi connectivity index (χ4n) is 8.97. The number of nitrogens with one attached hydrogen (secondary N) is 1. The Morgan fingerprint density at radius 1 is 0.415 bits per heavy atom. The van der Waals surface area contributed by atoms with Gasteiger partial charge in [-0.15, -0.1) is 0 Å². The van der Waals surface area contributed by atoms with Crippen LogP contribution >= 0.6 is 0 Å². The van der Waals surface area contributed by atoms with E-state index >= 15 is 0 Å². The summed E-state index contributed by atoms with van der Waals surface area (Å²) in [6.45, 7) is 4.91. The second-order valence-electron chi connectivity index (χ2n) is 20.0. The summed E-state index contributed by atoms with van der Waals surface area (Å²) in [7, 11) is 0. The summed E-state index contributed by atoms with van der Waals surface area (Å²) in [5.74, 6) is -0.0357. The molecule has 0 rings (SSSR count). The maximum absolute atomic E-state index is 12.4. The third kappa shape index (κ3) is 51.6. The smallest absolute Gasteiger partial charge is 0.305 e. The molecule has 0 aliphatic rings. The first-order valence-electron chi connectivity index (χ1n) is 29.1. The van der Waals surface area contributed by atoms with Crippen LogP contribution in [0.4, 0.5) is 0 Å². The third-order valence-electron chi connectivity index (χ3n) is 13.5. The number of esters is 1. The lowest BCUT2D eigenvalue weighted by Crippen LogP contribution is -2.45. The highest BCUT2D eigenvalue weighted by Gasteiger charge is 2.20. The van der Waals surface area contributed by atoms with Crippen molar-refractivity contribution in [2.75, 3.05) is 13.2 Å². The van der Waals surface area contributed by atoms with Crippen molar-refractivity contribution in [3.63, 3.8) is 0 Å². The number of unbranched alkanes of at least 4 members (excludes halogenated alkanes) is 39. The molecule has 0 spiro atoms. The minimum absolute atomic E-state index is 0.00229. The van der Waals surface area contributed by atoms with Crippen molar-refractivity contribution in [1.82, 2.24) is 5.32 Å². The standard InChI is InChI=1S/C59H113NO5/c1-3-5-7-9-11-13-15-32-35-39-43-47-51-57(62)56(55-61)60-58(63)52-48-44-40-36-33-29-27-25-23-21-19-17-16-18-20-22-24-26-28-30-34-38-42-46-50-54-65-59(64)53-49-45-41-37-31-14-12-10-8-6-4-2/h10,12,17,19,56-57,61-62H,3-9,11,13-16,18,20-55H2,1-2H3,(H,60,63)/b12-10-,19-17-. The molecule has 6 heteroatoms. The summed E-state index contributed by atoms with van der Waals surface area (Å²) in [5.41, 5.74) is 0. The molecular formula is C59H113NO5. The van der Waals surface area contributed by atoms with Crippen LogP contribution in [0.3, 0.4) is 0 Å². The van der Waals surface area contributed by atoms with Crippen LogP contribution in [0.25, 0.3) is 0 Å². The number of allylic oxidation sites excluding steroid dienone is 4. The van der Waals surface area contributed by atoms with E-state index in [2.05, 4.69) is 43.5 Å². The molecule has 0 fully saturated rings. The Morgan fingerprint density at radius 2 is 0.738 bits per heavy atom. The van der Waals surface area contributed by atoms with E-state index in [1.165, 1.54) is 238 Å². The molecule has 0 aliphatic carbocycles. The molecule has 0 radical (unpaired) electrons. The van der Waals surface area contributed by atoms with Gasteiger partial charge in [-0.2, -0.15) is 0 Å². The number of hydrogen-bond acceptors (Lipinski definition) is 5. The number of ether oxygens (including phenoxy) is 1. The summed E-state index contributed by atoms with van der Waals surface area (Å²) < 4.78 is 5.45. The molecule has 0 aromatic rings. The molecule has 0 aromatic heterocycles. The predicted octanol–water partition coefficient (Wildman–Crippen LogP) is 17.9. The molecule has 3 N–H and O–H groups in total. The number of aliphatic hydroxyl groups is 2. The lowest BCUT2D eigenvalue weighted by molar-refractivity contribution is -0.143. The zero-order valence-electron chi connectivity index (χ0n) is 43.7. The fourth-order valence-corrected chi connectivity index (χ4v) is 8.97. The van der Waals surface area contributed by atoms with E-state index in [1.807, 2.05) is 0 Å². The second-order valence-corrected chi connectivity index (χ2v) is 20.0. The third-order valence-corrected chi connectivity index (χ3v) is 13.5. The molecule has 0 saturated heterocycles. The number of amides is 1. The Morgan fingerprint density at radius 3 is 1.14 bits per heavy atom. The number of carbonyl (C=O) groups excluding carboxylic acids is 2. The van der Waals surface area contributed by atoms with Crippen molar-refractivity contribution >= 4 is 11.9 Å². The SMILES string of the molecule is CCCC/C=C\CCCCCCCC(=O)OCCCCCCCCCCCCCC/C=C\CCCCCCCCCCCC(=O)NC(CO)C(O)CCCCCCCCCCCCCC. The Bertz CT molecular complexity index is 1010. The quantitative estimate of drug-likeness (QED) is 0.0321. The molecule has 0 bridgehead atoms. The number of hydrogen-bond donors (Lipinski definition) is 3. The van der Waals surface area contributed by atoms with Crippen LogP contribution in [0.15, 0.2) is 24.3 Å². The first-order valence-corrected chi connectivity index (χ1v) is 29.1. The van der Waals surface area contributed by atoms with E-state index in [4.69, 9.17) is 4.74 Å². The zero-order valence-corrected chi connectivity index (χ0v) is 43.7. The van der Waals surface area contributed by atoms with Gasteiger partial charge in [-0.3, -0.25) is 9.59 Å². The number of carbonyl (C=O) groups is 2. The first-order chi connectivity index (χ1) is 32.0. The molecular weight excluding hydrogens is 803 g/mol.